The van der Waals surface area contributed by atoms with Crippen molar-refractivity contribution >= 4 is 17.8 Å². The highest BCUT2D eigenvalue weighted by atomic mass is 14.7. The quantitative estimate of drug-likeness (QED) is 0.637. The van der Waals surface area contributed by atoms with E-state index >= 15 is 0 Å². The predicted molar refractivity (Wildman–Crippen MR) is 45.4 cm³/mol. The van der Waals surface area contributed by atoms with E-state index in [-0.39, 0.29) is 0 Å². The van der Waals surface area contributed by atoms with Gasteiger partial charge in [0.05, 0.1) is 5.69 Å². The Morgan fingerprint density at radius 1 is 1.40 bits per heavy atom. The number of aromatic nitrogens is 1. The molecule has 2 heteroatoms. The van der Waals surface area contributed by atoms with Crippen LogP contribution in [0.2, 0.25) is 0 Å². The number of rotatable bonds is 2. The SMILES string of the molecule is C=Cc1[nH]cc(N)c1C=C. The molecule has 0 aliphatic heterocycles. The third-order valence-corrected chi connectivity index (χ3v) is 1.39. The van der Waals surface area contributed by atoms with Crippen molar-refractivity contribution in [2.75, 3.05) is 5.73 Å². The fourth-order valence-corrected chi connectivity index (χ4v) is 0.863. The first-order valence-corrected chi connectivity index (χ1v) is 3.01. The molecule has 0 radical (unpaired) electrons. The second-order valence-corrected chi connectivity index (χ2v) is 1.98. The molecule has 0 saturated heterocycles. The molecule has 0 aliphatic rings. The predicted octanol–water partition coefficient (Wildman–Crippen LogP) is 1.88. The molecule has 0 atom stereocenters. The molecule has 0 saturated carbocycles. The van der Waals surface area contributed by atoms with Gasteiger partial charge in [-0.15, -0.1) is 0 Å². The van der Waals surface area contributed by atoms with E-state index in [1.54, 1.807) is 18.3 Å². The minimum atomic E-state index is 0.713. The van der Waals surface area contributed by atoms with Crippen LogP contribution in [0.3, 0.4) is 0 Å². The molecule has 0 spiro atoms. The van der Waals surface area contributed by atoms with Crippen molar-refractivity contribution in [1.29, 1.82) is 0 Å². The van der Waals surface area contributed by atoms with E-state index in [1.165, 1.54) is 0 Å². The molecule has 0 amide bonds. The van der Waals surface area contributed by atoms with E-state index in [0.717, 1.165) is 11.3 Å². The van der Waals surface area contributed by atoms with Crippen molar-refractivity contribution in [3.05, 3.63) is 30.6 Å². The summed E-state index contributed by atoms with van der Waals surface area (Å²) < 4.78 is 0. The van der Waals surface area contributed by atoms with E-state index in [9.17, 15) is 0 Å². The van der Waals surface area contributed by atoms with E-state index in [4.69, 9.17) is 5.73 Å². The highest BCUT2D eigenvalue weighted by molar-refractivity contribution is 5.71. The lowest BCUT2D eigenvalue weighted by atomic mass is 10.2. The van der Waals surface area contributed by atoms with Crippen molar-refractivity contribution in [2.45, 2.75) is 0 Å². The van der Waals surface area contributed by atoms with Gasteiger partial charge in [0.2, 0.25) is 0 Å². The number of H-pyrrole nitrogens is 1. The van der Waals surface area contributed by atoms with Crippen LogP contribution in [0.1, 0.15) is 11.3 Å². The van der Waals surface area contributed by atoms with Crippen molar-refractivity contribution in [3.63, 3.8) is 0 Å². The number of hydrogen-bond acceptors (Lipinski definition) is 1. The van der Waals surface area contributed by atoms with Crippen LogP contribution in [0.15, 0.2) is 19.4 Å². The second-order valence-electron chi connectivity index (χ2n) is 1.98. The van der Waals surface area contributed by atoms with Gasteiger partial charge in [0, 0.05) is 17.5 Å². The van der Waals surface area contributed by atoms with Crippen LogP contribution in [0.25, 0.3) is 12.2 Å². The molecule has 2 nitrogen and oxygen atoms in total. The number of nitrogens with two attached hydrogens (primary N) is 1. The Labute approximate surface area is 60.1 Å². The minimum Gasteiger partial charge on any atom is -0.397 e. The van der Waals surface area contributed by atoms with Crippen LogP contribution in [-0.2, 0) is 0 Å². The van der Waals surface area contributed by atoms with Gasteiger partial charge in [-0.3, -0.25) is 0 Å². The van der Waals surface area contributed by atoms with Crippen LogP contribution in [0.5, 0.6) is 0 Å². The third-order valence-electron chi connectivity index (χ3n) is 1.39. The number of nitrogen functional groups attached to an aromatic ring is 1. The minimum absolute atomic E-state index is 0.713. The average molecular weight is 134 g/mol. The van der Waals surface area contributed by atoms with Crippen molar-refractivity contribution in [3.8, 4) is 0 Å². The molecule has 1 aromatic heterocycles. The van der Waals surface area contributed by atoms with Gasteiger partial charge in [0.1, 0.15) is 0 Å². The van der Waals surface area contributed by atoms with Crippen molar-refractivity contribution in [1.82, 2.24) is 4.98 Å². The maximum Gasteiger partial charge on any atom is 0.0571 e. The molecule has 0 aromatic carbocycles. The van der Waals surface area contributed by atoms with Crippen LogP contribution in [-0.4, -0.2) is 4.98 Å². The van der Waals surface area contributed by atoms with Crippen LogP contribution >= 0.6 is 0 Å². The van der Waals surface area contributed by atoms with Gasteiger partial charge in [0.25, 0.3) is 0 Å². The van der Waals surface area contributed by atoms with Gasteiger partial charge in [-0.1, -0.05) is 19.2 Å². The van der Waals surface area contributed by atoms with Gasteiger partial charge in [-0.25, -0.2) is 0 Å². The van der Waals surface area contributed by atoms with Crippen LogP contribution in [0, 0.1) is 0 Å². The second kappa shape index (κ2) is 2.43. The van der Waals surface area contributed by atoms with Crippen molar-refractivity contribution in [2.24, 2.45) is 0 Å². The Bertz CT molecular complexity index is 258. The van der Waals surface area contributed by atoms with E-state index in [2.05, 4.69) is 18.1 Å². The fraction of sp³-hybridized carbons (Fsp3) is 0. The first-order valence-electron chi connectivity index (χ1n) is 3.01. The molecule has 3 N–H and O–H groups in total. The van der Waals surface area contributed by atoms with Gasteiger partial charge in [0.15, 0.2) is 0 Å². The summed E-state index contributed by atoms with van der Waals surface area (Å²) in [5.74, 6) is 0. The molecule has 1 heterocycles. The molecule has 0 aliphatic carbocycles. The van der Waals surface area contributed by atoms with Crippen LogP contribution in [0.4, 0.5) is 5.69 Å². The first-order chi connectivity index (χ1) is 4.79. The Kier molecular flexibility index (Phi) is 1.63. The summed E-state index contributed by atoms with van der Waals surface area (Å²) >= 11 is 0. The lowest BCUT2D eigenvalue weighted by Gasteiger charge is -1.90. The molecule has 52 valence electrons. The largest absolute Gasteiger partial charge is 0.397 e. The summed E-state index contributed by atoms with van der Waals surface area (Å²) in [7, 11) is 0. The molecular weight excluding hydrogens is 124 g/mol. The normalized spacial score (nSPS) is 9.20. The fourth-order valence-electron chi connectivity index (χ4n) is 0.863. The van der Waals surface area contributed by atoms with Gasteiger partial charge >= 0.3 is 0 Å². The average Bonchev–Trinajstić information content (AvgIpc) is 2.30. The molecule has 0 fully saturated rings. The zero-order valence-electron chi connectivity index (χ0n) is 5.72. The maximum atomic E-state index is 5.58. The summed E-state index contributed by atoms with van der Waals surface area (Å²) in [5.41, 5.74) is 8.14. The summed E-state index contributed by atoms with van der Waals surface area (Å²) in [6.45, 7) is 7.24. The van der Waals surface area contributed by atoms with Gasteiger partial charge in [-0.05, 0) is 6.08 Å². The molecule has 1 rings (SSSR count). The zero-order valence-corrected chi connectivity index (χ0v) is 5.72. The highest BCUT2D eigenvalue weighted by Gasteiger charge is 1.99. The summed E-state index contributed by atoms with van der Waals surface area (Å²) in [6, 6.07) is 0. The topological polar surface area (TPSA) is 41.8 Å². The van der Waals surface area contributed by atoms with Crippen molar-refractivity contribution < 1.29 is 0 Å². The Hall–Kier alpha value is -1.44. The molecular formula is C8H10N2. The van der Waals surface area contributed by atoms with Gasteiger partial charge in [-0.2, -0.15) is 0 Å². The van der Waals surface area contributed by atoms with Crippen LogP contribution < -0.4 is 5.73 Å². The lowest BCUT2D eigenvalue weighted by molar-refractivity contribution is 1.37. The number of nitrogens with one attached hydrogen (secondary N) is 1. The molecule has 10 heavy (non-hydrogen) atoms. The summed E-state index contributed by atoms with van der Waals surface area (Å²) in [5, 5.41) is 0. The number of aromatic amines is 1. The van der Waals surface area contributed by atoms with E-state index in [1.807, 2.05) is 0 Å². The molecule has 0 bridgehead atoms. The number of anilines is 1. The van der Waals surface area contributed by atoms with Gasteiger partial charge < -0.3 is 10.7 Å². The third kappa shape index (κ3) is 0.838. The standard InChI is InChI=1S/C8H10N2/c1-3-6-7(9)5-10-8(6)4-2/h3-5,10H,1-2,9H2. The molecule has 0 unspecified atom stereocenters. The Morgan fingerprint density at radius 3 is 2.50 bits per heavy atom. The molecule has 1 aromatic rings. The maximum absolute atomic E-state index is 5.58. The van der Waals surface area contributed by atoms with E-state index in [0.29, 0.717) is 5.69 Å². The number of hydrogen-bond donors (Lipinski definition) is 2. The summed E-state index contributed by atoms with van der Waals surface area (Å²) in [4.78, 5) is 2.96. The Balaban J connectivity index is 3.25. The highest BCUT2D eigenvalue weighted by Crippen LogP contribution is 2.17. The Morgan fingerprint density at radius 2 is 2.10 bits per heavy atom. The lowest BCUT2D eigenvalue weighted by Crippen LogP contribution is -1.83. The monoisotopic (exact) mass is 134 g/mol. The van der Waals surface area contributed by atoms with E-state index < -0.39 is 0 Å². The summed E-state index contributed by atoms with van der Waals surface area (Å²) in [6.07, 6.45) is 5.16. The first kappa shape index (κ1) is 6.68. The zero-order chi connectivity index (χ0) is 7.56. The smallest absolute Gasteiger partial charge is 0.0571 e.